The summed E-state index contributed by atoms with van der Waals surface area (Å²) in [7, 11) is 1.54. The lowest BCUT2D eigenvalue weighted by atomic mass is 9.92. The SMILES string of the molecule is COc1ccc(Cl)cc1C(C#N)Cc1cccc(F)c1. The number of rotatable bonds is 4. The number of halogens is 2. The van der Waals surface area contributed by atoms with Gasteiger partial charge in [0.2, 0.25) is 0 Å². The molecule has 0 aliphatic heterocycles. The van der Waals surface area contributed by atoms with E-state index in [1.807, 2.05) is 0 Å². The molecule has 0 saturated carbocycles. The third-order valence-corrected chi connectivity index (χ3v) is 3.29. The molecule has 0 fully saturated rings. The van der Waals surface area contributed by atoms with Crippen molar-refractivity contribution in [1.29, 1.82) is 5.26 Å². The number of benzene rings is 2. The molecule has 4 heteroatoms. The van der Waals surface area contributed by atoms with Gasteiger partial charge in [-0.2, -0.15) is 5.26 Å². The van der Waals surface area contributed by atoms with Crippen LogP contribution < -0.4 is 4.74 Å². The highest BCUT2D eigenvalue weighted by Gasteiger charge is 2.17. The minimum Gasteiger partial charge on any atom is -0.496 e. The van der Waals surface area contributed by atoms with Gasteiger partial charge in [-0.3, -0.25) is 0 Å². The largest absolute Gasteiger partial charge is 0.496 e. The minimum absolute atomic E-state index is 0.308. The lowest BCUT2D eigenvalue weighted by Crippen LogP contribution is -2.03. The van der Waals surface area contributed by atoms with E-state index < -0.39 is 5.92 Å². The fraction of sp³-hybridized carbons (Fsp3) is 0.188. The van der Waals surface area contributed by atoms with Crippen molar-refractivity contribution < 1.29 is 9.13 Å². The fourth-order valence-corrected chi connectivity index (χ4v) is 2.28. The molecule has 0 heterocycles. The van der Waals surface area contributed by atoms with Gasteiger partial charge < -0.3 is 4.74 Å². The Morgan fingerprint density at radius 2 is 2.10 bits per heavy atom. The van der Waals surface area contributed by atoms with Gasteiger partial charge in [0.15, 0.2) is 0 Å². The van der Waals surface area contributed by atoms with Gasteiger partial charge in [-0.1, -0.05) is 23.7 Å². The zero-order valence-electron chi connectivity index (χ0n) is 10.9. The molecule has 0 radical (unpaired) electrons. The predicted molar refractivity (Wildman–Crippen MR) is 76.5 cm³/mol. The van der Waals surface area contributed by atoms with Crippen LogP contribution in [-0.2, 0) is 6.42 Å². The lowest BCUT2D eigenvalue weighted by Gasteiger charge is -2.14. The first kappa shape index (κ1) is 14.4. The molecule has 0 aromatic heterocycles. The summed E-state index contributed by atoms with van der Waals surface area (Å²) >= 11 is 5.98. The Labute approximate surface area is 122 Å². The molecular formula is C16H13ClFNO. The van der Waals surface area contributed by atoms with Crippen molar-refractivity contribution in [2.45, 2.75) is 12.3 Å². The Bertz CT molecular complexity index is 651. The molecule has 0 amide bonds. The average molecular weight is 290 g/mol. The van der Waals surface area contributed by atoms with Gasteiger partial charge in [0.05, 0.1) is 19.1 Å². The molecule has 0 N–H and O–H groups in total. The number of nitrogens with zero attached hydrogens (tertiary/aromatic N) is 1. The topological polar surface area (TPSA) is 33.0 Å². The number of methoxy groups -OCH3 is 1. The van der Waals surface area contributed by atoms with E-state index in [0.717, 1.165) is 5.56 Å². The quantitative estimate of drug-likeness (QED) is 0.839. The van der Waals surface area contributed by atoms with Crippen LogP contribution in [0.4, 0.5) is 4.39 Å². The van der Waals surface area contributed by atoms with Gasteiger partial charge in [-0.15, -0.1) is 0 Å². The number of hydrogen-bond acceptors (Lipinski definition) is 2. The molecule has 0 bridgehead atoms. The van der Waals surface area contributed by atoms with E-state index in [1.54, 1.807) is 37.4 Å². The maximum Gasteiger partial charge on any atom is 0.123 e. The van der Waals surface area contributed by atoms with Crippen molar-refractivity contribution in [3.63, 3.8) is 0 Å². The van der Waals surface area contributed by atoms with E-state index in [9.17, 15) is 9.65 Å². The molecule has 2 aromatic carbocycles. The van der Waals surface area contributed by atoms with Crippen LogP contribution in [-0.4, -0.2) is 7.11 Å². The zero-order chi connectivity index (χ0) is 14.5. The van der Waals surface area contributed by atoms with Crippen molar-refractivity contribution >= 4 is 11.6 Å². The Hall–Kier alpha value is -2.05. The highest BCUT2D eigenvalue weighted by molar-refractivity contribution is 6.30. The van der Waals surface area contributed by atoms with E-state index in [1.165, 1.54) is 12.1 Å². The van der Waals surface area contributed by atoms with E-state index >= 15 is 0 Å². The Kier molecular flexibility index (Phi) is 4.60. The van der Waals surface area contributed by atoms with Crippen molar-refractivity contribution in [1.82, 2.24) is 0 Å². The van der Waals surface area contributed by atoms with Crippen LogP contribution in [0.1, 0.15) is 17.0 Å². The average Bonchev–Trinajstić information content (AvgIpc) is 2.45. The van der Waals surface area contributed by atoms with Crippen LogP contribution in [0.3, 0.4) is 0 Å². The third kappa shape index (κ3) is 3.28. The first-order valence-corrected chi connectivity index (χ1v) is 6.49. The van der Waals surface area contributed by atoms with Crippen LogP contribution in [0.25, 0.3) is 0 Å². The van der Waals surface area contributed by atoms with Crippen molar-refractivity contribution in [2.75, 3.05) is 7.11 Å². The summed E-state index contributed by atoms with van der Waals surface area (Å²) in [4.78, 5) is 0. The molecule has 2 nitrogen and oxygen atoms in total. The van der Waals surface area contributed by atoms with Gasteiger partial charge in [0, 0.05) is 10.6 Å². The molecule has 0 saturated heterocycles. The van der Waals surface area contributed by atoms with E-state index in [2.05, 4.69) is 6.07 Å². The Balaban J connectivity index is 2.34. The van der Waals surface area contributed by atoms with Crippen molar-refractivity contribution in [3.05, 3.63) is 64.4 Å². The summed E-state index contributed by atoms with van der Waals surface area (Å²) in [6.45, 7) is 0. The lowest BCUT2D eigenvalue weighted by molar-refractivity contribution is 0.408. The van der Waals surface area contributed by atoms with E-state index in [0.29, 0.717) is 22.8 Å². The van der Waals surface area contributed by atoms with Crippen LogP contribution in [0.15, 0.2) is 42.5 Å². The second-order valence-corrected chi connectivity index (χ2v) is 4.84. The summed E-state index contributed by atoms with van der Waals surface area (Å²) in [6, 6.07) is 13.6. The highest BCUT2D eigenvalue weighted by atomic mass is 35.5. The first-order chi connectivity index (χ1) is 9.63. The second-order valence-electron chi connectivity index (χ2n) is 4.40. The van der Waals surface area contributed by atoms with Crippen molar-refractivity contribution in [3.8, 4) is 11.8 Å². The molecule has 0 aliphatic carbocycles. The number of hydrogen-bond donors (Lipinski definition) is 0. The van der Waals surface area contributed by atoms with Crippen LogP contribution in [0.2, 0.25) is 5.02 Å². The monoisotopic (exact) mass is 289 g/mol. The number of ether oxygens (including phenoxy) is 1. The standard InChI is InChI=1S/C16H13ClFNO/c1-20-16-6-5-13(17)9-15(16)12(10-19)7-11-3-2-4-14(18)8-11/h2-6,8-9,12H,7H2,1H3. The molecule has 1 atom stereocenters. The third-order valence-electron chi connectivity index (χ3n) is 3.05. The first-order valence-electron chi connectivity index (χ1n) is 6.11. The summed E-state index contributed by atoms with van der Waals surface area (Å²) < 4.78 is 18.5. The number of nitriles is 1. The molecule has 0 spiro atoms. The minimum atomic E-state index is -0.439. The summed E-state index contributed by atoms with van der Waals surface area (Å²) in [5, 5.41) is 9.92. The van der Waals surface area contributed by atoms with Gasteiger partial charge in [0.25, 0.3) is 0 Å². The second kappa shape index (κ2) is 6.40. The highest BCUT2D eigenvalue weighted by Crippen LogP contribution is 2.31. The summed E-state index contributed by atoms with van der Waals surface area (Å²) in [5.41, 5.74) is 1.48. The van der Waals surface area contributed by atoms with Crippen LogP contribution in [0.5, 0.6) is 5.75 Å². The molecule has 1 unspecified atom stereocenters. The maximum atomic E-state index is 13.2. The van der Waals surface area contributed by atoms with Gasteiger partial charge >= 0.3 is 0 Å². The molecule has 20 heavy (non-hydrogen) atoms. The van der Waals surface area contributed by atoms with Crippen molar-refractivity contribution in [2.24, 2.45) is 0 Å². The Morgan fingerprint density at radius 3 is 2.75 bits per heavy atom. The maximum absolute atomic E-state index is 13.2. The molecule has 2 rings (SSSR count). The van der Waals surface area contributed by atoms with Crippen LogP contribution >= 0.6 is 11.6 Å². The predicted octanol–water partition coefficient (Wildman–Crippen LogP) is 4.34. The fourth-order valence-electron chi connectivity index (χ4n) is 2.10. The van der Waals surface area contributed by atoms with Crippen LogP contribution in [0, 0.1) is 17.1 Å². The normalized spacial score (nSPS) is 11.7. The summed E-state index contributed by atoms with van der Waals surface area (Å²) in [5.74, 6) is -0.139. The summed E-state index contributed by atoms with van der Waals surface area (Å²) in [6.07, 6.45) is 0.408. The van der Waals surface area contributed by atoms with Gasteiger partial charge in [-0.25, -0.2) is 4.39 Å². The zero-order valence-corrected chi connectivity index (χ0v) is 11.7. The molecule has 0 aliphatic rings. The smallest absolute Gasteiger partial charge is 0.123 e. The molecule has 102 valence electrons. The Morgan fingerprint density at radius 1 is 1.30 bits per heavy atom. The van der Waals surface area contributed by atoms with Gasteiger partial charge in [0.1, 0.15) is 11.6 Å². The van der Waals surface area contributed by atoms with Gasteiger partial charge in [-0.05, 0) is 42.3 Å². The van der Waals surface area contributed by atoms with E-state index in [-0.39, 0.29) is 5.82 Å². The molecule has 2 aromatic rings. The molecular weight excluding hydrogens is 277 g/mol. The van der Waals surface area contributed by atoms with E-state index in [4.69, 9.17) is 16.3 Å².